The number of thiazole rings is 1. The van der Waals surface area contributed by atoms with Crippen molar-refractivity contribution in [1.82, 2.24) is 15.6 Å². The number of aryl methyl sites for hydroxylation is 3. The van der Waals surface area contributed by atoms with Crippen molar-refractivity contribution in [3.8, 4) is 5.75 Å². The van der Waals surface area contributed by atoms with Crippen LogP contribution in [-0.2, 0) is 6.42 Å². The molecule has 0 aliphatic carbocycles. The number of guanidine groups is 1. The van der Waals surface area contributed by atoms with Crippen LogP contribution in [0, 0.1) is 20.8 Å². The maximum Gasteiger partial charge on any atom is 0.191 e. The van der Waals surface area contributed by atoms with E-state index in [4.69, 9.17) is 4.74 Å². The highest BCUT2D eigenvalue weighted by Gasteiger charge is 2.03. The van der Waals surface area contributed by atoms with Gasteiger partial charge < -0.3 is 15.4 Å². The Morgan fingerprint density at radius 2 is 2.04 bits per heavy atom. The van der Waals surface area contributed by atoms with E-state index in [0.717, 1.165) is 41.9 Å². The molecule has 0 saturated carbocycles. The average molecular weight is 488 g/mol. The van der Waals surface area contributed by atoms with Gasteiger partial charge in [-0.1, -0.05) is 12.1 Å². The van der Waals surface area contributed by atoms with Crippen molar-refractivity contribution in [3.05, 3.63) is 45.4 Å². The third-order valence-electron chi connectivity index (χ3n) is 3.67. The van der Waals surface area contributed by atoms with Gasteiger partial charge in [0, 0.05) is 24.4 Å². The molecule has 2 aromatic rings. The summed E-state index contributed by atoms with van der Waals surface area (Å²) in [6.45, 7) is 11.1. The highest BCUT2D eigenvalue weighted by atomic mass is 127. The normalized spacial score (nSPS) is 11.0. The van der Waals surface area contributed by atoms with Crippen LogP contribution in [-0.4, -0.2) is 37.2 Å². The molecule has 0 spiro atoms. The number of rotatable bonds is 8. The summed E-state index contributed by atoms with van der Waals surface area (Å²) in [6.07, 6.45) is 0.871. The average Bonchev–Trinajstić information content (AvgIpc) is 2.89. The van der Waals surface area contributed by atoms with E-state index in [2.05, 4.69) is 54.4 Å². The zero-order valence-electron chi connectivity index (χ0n) is 16.0. The van der Waals surface area contributed by atoms with Crippen LogP contribution in [0.25, 0.3) is 0 Å². The molecule has 0 atom stereocenters. The molecule has 144 valence electrons. The molecule has 0 bridgehead atoms. The Bertz CT molecular complexity index is 683. The first kappa shape index (κ1) is 22.7. The predicted molar refractivity (Wildman–Crippen MR) is 121 cm³/mol. The molecule has 5 nitrogen and oxygen atoms in total. The van der Waals surface area contributed by atoms with Gasteiger partial charge in [0.15, 0.2) is 5.96 Å². The molecule has 26 heavy (non-hydrogen) atoms. The van der Waals surface area contributed by atoms with Crippen LogP contribution in [0.1, 0.15) is 28.1 Å². The van der Waals surface area contributed by atoms with E-state index in [1.165, 1.54) is 10.4 Å². The van der Waals surface area contributed by atoms with Crippen molar-refractivity contribution < 1.29 is 4.74 Å². The van der Waals surface area contributed by atoms with E-state index >= 15 is 0 Å². The fourth-order valence-electron chi connectivity index (χ4n) is 2.29. The summed E-state index contributed by atoms with van der Waals surface area (Å²) in [5, 5.41) is 7.72. The van der Waals surface area contributed by atoms with Gasteiger partial charge in [-0.3, -0.25) is 4.99 Å². The topological polar surface area (TPSA) is 58.5 Å². The molecule has 1 aromatic heterocycles. The monoisotopic (exact) mass is 488 g/mol. The van der Waals surface area contributed by atoms with Crippen LogP contribution in [0.15, 0.2) is 29.3 Å². The summed E-state index contributed by atoms with van der Waals surface area (Å²) in [6, 6.07) is 8.08. The van der Waals surface area contributed by atoms with Gasteiger partial charge in [-0.2, -0.15) is 0 Å². The van der Waals surface area contributed by atoms with Gasteiger partial charge in [0.05, 0.1) is 17.2 Å². The van der Waals surface area contributed by atoms with Gasteiger partial charge >= 0.3 is 0 Å². The zero-order chi connectivity index (χ0) is 18.1. The van der Waals surface area contributed by atoms with Crippen molar-refractivity contribution >= 4 is 41.3 Å². The number of aliphatic imine (C=N–C) groups is 1. The molecule has 0 unspecified atom stereocenters. The molecule has 2 rings (SSSR count). The molecule has 0 saturated heterocycles. The maximum atomic E-state index is 5.75. The molecule has 7 heteroatoms. The molecule has 1 heterocycles. The SMILES string of the molecule is CCNC(=NCCc1nc(C)c(C)s1)NCCOc1cccc(C)c1.I. The van der Waals surface area contributed by atoms with Crippen LogP contribution >= 0.6 is 35.3 Å². The van der Waals surface area contributed by atoms with E-state index in [-0.39, 0.29) is 24.0 Å². The van der Waals surface area contributed by atoms with E-state index in [0.29, 0.717) is 13.2 Å². The van der Waals surface area contributed by atoms with Gasteiger partial charge in [-0.05, 0) is 45.4 Å². The van der Waals surface area contributed by atoms with Crippen LogP contribution in [0.4, 0.5) is 0 Å². The lowest BCUT2D eigenvalue weighted by Gasteiger charge is -2.12. The van der Waals surface area contributed by atoms with E-state index in [1.54, 1.807) is 11.3 Å². The standard InChI is InChI=1S/C19H28N4OS.HI/c1-5-20-19(21-10-9-18-23-15(3)16(4)25-18)22-11-12-24-17-8-6-7-14(2)13-17;/h6-8,13H,5,9-12H2,1-4H3,(H2,20,21,22);1H. The van der Waals surface area contributed by atoms with Crippen LogP contribution in [0.2, 0.25) is 0 Å². The lowest BCUT2D eigenvalue weighted by molar-refractivity contribution is 0.321. The second-order valence-electron chi connectivity index (χ2n) is 5.85. The van der Waals surface area contributed by atoms with Gasteiger partial charge in [0.1, 0.15) is 12.4 Å². The summed E-state index contributed by atoms with van der Waals surface area (Å²) in [5.74, 6) is 1.72. The van der Waals surface area contributed by atoms with Crippen molar-refractivity contribution in [1.29, 1.82) is 0 Å². The number of aromatic nitrogens is 1. The highest BCUT2D eigenvalue weighted by Crippen LogP contribution is 2.16. The van der Waals surface area contributed by atoms with Crippen molar-refractivity contribution in [2.75, 3.05) is 26.2 Å². The van der Waals surface area contributed by atoms with Crippen LogP contribution in [0.3, 0.4) is 0 Å². The highest BCUT2D eigenvalue weighted by molar-refractivity contribution is 14.0. The van der Waals surface area contributed by atoms with Crippen LogP contribution in [0.5, 0.6) is 5.75 Å². The fourth-order valence-corrected chi connectivity index (χ4v) is 3.22. The molecule has 0 aliphatic rings. The molecule has 0 fully saturated rings. The van der Waals surface area contributed by atoms with E-state index in [1.807, 2.05) is 18.2 Å². The first-order chi connectivity index (χ1) is 12.1. The molecule has 0 aliphatic heterocycles. The predicted octanol–water partition coefficient (Wildman–Crippen LogP) is 3.86. The quantitative estimate of drug-likeness (QED) is 0.257. The Morgan fingerprint density at radius 3 is 2.69 bits per heavy atom. The minimum atomic E-state index is 0. The number of hydrogen-bond donors (Lipinski definition) is 2. The number of hydrogen-bond acceptors (Lipinski definition) is 4. The number of halogens is 1. The number of ether oxygens (including phenoxy) is 1. The third-order valence-corrected chi connectivity index (χ3v) is 4.80. The Morgan fingerprint density at radius 1 is 1.23 bits per heavy atom. The fraction of sp³-hybridized carbons (Fsp3) is 0.474. The molecule has 1 aromatic carbocycles. The molecular weight excluding hydrogens is 459 g/mol. The van der Waals surface area contributed by atoms with Gasteiger partial charge in [0.25, 0.3) is 0 Å². The zero-order valence-corrected chi connectivity index (χ0v) is 19.1. The first-order valence-corrected chi connectivity index (χ1v) is 9.54. The summed E-state index contributed by atoms with van der Waals surface area (Å²) in [7, 11) is 0. The molecule has 0 radical (unpaired) electrons. The largest absolute Gasteiger partial charge is 0.492 e. The van der Waals surface area contributed by atoms with Gasteiger partial charge in [-0.15, -0.1) is 35.3 Å². The number of nitrogens with one attached hydrogen (secondary N) is 2. The summed E-state index contributed by atoms with van der Waals surface area (Å²) in [4.78, 5) is 10.5. The Balaban J connectivity index is 0.00000338. The second kappa shape index (κ2) is 12.1. The number of benzene rings is 1. The third kappa shape index (κ3) is 7.90. The Hall–Kier alpha value is -1.35. The summed E-state index contributed by atoms with van der Waals surface area (Å²) < 4.78 is 5.75. The molecule has 0 amide bonds. The minimum Gasteiger partial charge on any atom is -0.492 e. The molecule has 2 N–H and O–H groups in total. The smallest absolute Gasteiger partial charge is 0.191 e. The second-order valence-corrected chi connectivity index (χ2v) is 7.14. The van der Waals surface area contributed by atoms with Gasteiger partial charge in [0.2, 0.25) is 0 Å². The van der Waals surface area contributed by atoms with E-state index in [9.17, 15) is 0 Å². The minimum absolute atomic E-state index is 0. The summed E-state index contributed by atoms with van der Waals surface area (Å²) in [5.41, 5.74) is 2.33. The van der Waals surface area contributed by atoms with Crippen molar-refractivity contribution in [2.24, 2.45) is 4.99 Å². The summed E-state index contributed by atoms with van der Waals surface area (Å²) >= 11 is 1.76. The number of nitrogens with zero attached hydrogens (tertiary/aromatic N) is 2. The Labute approximate surface area is 177 Å². The van der Waals surface area contributed by atoms with Crippen molar-refractivity contribution in [3.63, 3.8) is 0 Å². The molecular formula is C19H29IN4OS. The van der Waals surface area contributed by atoms with E-state index < -0.39 is 0 Å². The first-order valence-electron chi connectivity index (χ1n) is 8.73. The van der Waals surface area contributed by atoms with Gasteiger partial charge in [-0.25, -0.2) is 4.98 Å². The maximum absolute atomic E-state index is 5.75. The van der Waals surface area contributed by atoms with Crippen molar-refractivity contribution in [2.45, 2.75) is 34.1 Å². The Kier molecular flexibility index (Phi) is 10.6. The lowest BCUT2D eigenvalue weighted by Crippen LogP contribution is -2.39. The lowest BCUT2D eigenvalue weighted by atomic mass is 10.2. The van der Waals surface area contributed by atoms with Crippen LogP contribution < -0.4 is 15.4 Å².